The van der Waals surface area contributed by atoms with E-state index >= 15 is 0 Å². The summed E-state index contributed by atoms with van der Waals surface area (Å²) in [5, 5.41) is 10.6. The van der Waals surface area contributed by atoms with Crippen LogP contribution in [0.4, 0.5) is 0 Å². The molecule has 5 atom stereocenters. The summed E-state index contributed by atoms with van der Waals surface area (Å²) in [4.78, 5) is 22.9. The molecule has 6 heteroatoms. The van der Waals surface area contributed by atoms with E-state index in [2.05, 4.69) is 6.58 Å². The van der Waals surface area contributed by atoms with Crippen molar-refractivity contribution in [3.63, 3.8) is 0 Å². The van der Waals surface area contributed by atoms with Gasteiger partial charge in [0.1, 0.15) is 12.7 Å². The van der Waals surface area contributed by atoms with Gasteiger partial charge in [0.05, 0.1) is 23.7 Å². The number of ether oxygens (including phenoxy) is 3. The predicted octanol–water partition coefficient (Wildman–Crippen LogP) is 1.28. The van der Waals surface area contributed by atoms with E-state index in [1.54, 1.807) is 6.08 Å². The van der Waals surface area contributed by atoms with Gasteiger partial charge in [0, 0.05) is 18.9 Å². The molecule has 1 aliphatic carbocycles. The third-order valence-corrected chi connectivity index (χ3v) is 4.93. The Bertz CT molecular complexity index is 580. The van der Waals surface area contributed by atoms with E-state index in [-0.39, 0.29) is 29.9 Å². The molecule has 0 unspecified atom stereocenters. The van der Waals surface area contributed by atoms with Gasteiger partial charge in [0.15, 0.2) is 0 Å². The lowest BCUT2D eigenvalue weighted by Gasteiger charge is -2.24. The van der Waals surface area contributed by atoms with Crippen molar-refractivity contribution in [3.05, 3.63) is 23.8 Å². The number of hydrogen-bond acceptors (Lipinski definition) is 6. The van der Waals surface area contributed by atoms with Crippen LogP contribution in [0, 0.1) is 5.92 Å². The van der Waals surface area contributed by atoms with Gasteiger partial charge in [0.2, 0.25) is 0 Å². The predicted molar refractivity (Wildman–Crippen MR) is 80.4 cm³/mol. The molecule has 2 fully saturated rings. The Labute approximate surface area is 135 Å². The minimum absolute atomic E-state index is 0.0895. The van der Waals surface area contributed by atoms with Crippen LogP contribution in [0.15, 0.2) is 23.8 Å². The Morgan fingerprint density at radius 2 is 2.30 bits per heavy atom. The van der Waals surface area contributed by atoms with Crippen molar-refractivity contribution in [1.29, 1.82) is 0 Å². The fraction of sp³-hybridized carbons (Fsp3) is 0.647. The molecule has 3 rings (SSSR count). The molecule has 0 saturated carbocycles. The number of rotatable bonds is 2. The second-order valence-electron chi connectivity index (χ2n) is 6.75. The molecule has 0 aromatic carbocycles. The first-order valence-electron chi connectivity index (χ1n) is 7.89. The zero-order chi connectivity index (χ0) is 16.8. The number of carbonyl (C=O) groups is 2. The molecule has 0 bridgehead atoms. The van der Waals surface area contributed by atoms with Crippen LogP contribution in [-0.2, 0) is 23.8 Å². The van der Waals surface area contributed by atoms with E-state index in [1.807, 2.05) is 6.92 Å². The van der Waals surface area contributed by atoms with Crippen LogP contribution in [0.1, 0.15) is 33.1 Å². The first kappa shape index (κ1) is 16.2. The highest BCUT2D eigenvalue weighted by atomic mass is 16.6. The average molecular weight is 322 g/mol. The third-order valence-electron chi connectivity index (χ3n) is 4.93. The highest BCUT2D eigenvalue weighted by molar-refractivity contribution is 5.91. The van der Waals surface area contributed by atoms with Gasteiger partial charge in [-0.25, -0.2) is 4.79 Å². The number of fused-ring (bicyclic) bond motifs is 2. The van der Waals surface area contributed by atoms with E-state index < -0.39 is 24.1 Å². The first-order chi connectivity index (χ1) is 10.8. The lowest BCUT2D eigenvalue weighted by molar-refractivity contribution is -0.141. The molecule has 0 amide bonds. The van der Waals surface area contributed by atoms with Gasteiger partial charge in [-0.15, -0.1) is 0 Å². The van der Waals surface area contributed by atoms with Gasteiger partial charge in [0.25, 0.3) is 0 Å². The third kappa shape index (κ3) is 3.19. The van der Waals surface area contributed by atoms with Crippen molar-refractivity contribution < 1.29 is 28.9 Å². The molecule has 0 aromatic heterocycles. The number of aliphatic hydroxyl groups is 1. The highest BCUT2D eigenvalue weighted by Crippen LogP contribution is 2.47. The van der Waals surface area contributed by atoms with Crippen LogP contribution in [0.5, 0.6) is 0 Å². The standard InChI is InChI=1S/C17H22O6/c1-9-15-12(19)6-11(8-21-10(2)18)4-5-14-17(3,23-14)7-13(15)22-16(9)20/h6,12-15,19H,1,4-5,7-8H2,2-3H3/b11-6-/t12-,13+,14+,15-,17+/m1/s1. The second-order valence-corrected chi connectivity index (χ2v) is 6.75. The topological polar surface area (TPSA) is 85.4 Å². The van der Waals surface area contributed by atoms with Crippen molar-refractivity contribution in [3.8, 4) is 0 Å². The lowest BCUT2D eigenvalue weighted by Crippen LogP contribution is -2.33. The smallest absolute Gasteiger partial charge is 0.334 e. The summed E-state index contributed by atoms with van der Waals surface area (Å²) in [6, 6.07) is 0. The van der Waals surface area contributed by atoms with E-state index in [0.29, 0.717) is 12.8 Å². The van der Waals surface area contributed by atoms with Crippen LogP contribution in [-0.4, -0.2) is 47.6 Å². The first-order valence-corrected chi connectivity index (χ1v) is 7.89. The van der Waals surface area contributed by atoms with Crippen LogP contribution in [0.25, 0.3) is 0 Å². The minimum atomic E-state index is -0.900. The fourth-order valence-corrected chi connectivity index (χ4v) is 3.54. The molecule has 0 aromatic rings. The number of hydrogen-bond donors (Lipinski definition) is 1. The maximum absolute atomic E-state index is 11.8. The molecule has 1 N–H and O–H groups in total. The zero-order valence-electron chi connectivity index (χ0n) is 13.4. The molecule has 2 saturated heterocycles. The molecule has 0 radical (unpaired) electrons. The van der Waals surface area contributed by atoms with Crippen molar-refractivity contribution in [2.75, 3.05) is 6.61 Å². The van der Waals surface area contributed by atoms with Crippen LogP contribution in [0.3, 0.4) is 0 Å². The molecule has 6 nitrogen and oxygen atoms in total. The fourth-order valence-electron chi connectivity index (χ4n) is 3.54. The quantitative estimate of drug-likeness (QED) is 0.357. The van der Waals surface area contributed by atoms with Gasteiger partial charge >= 0.3 is 11.9 Å². The lowest BCUT2D eigenvalue weighted by atomic mass is 9.83. The monoisotopic (exact) mass is 322 g/mol. The van der Waals surface area contributed by atoms with E-state index in [9.17, 15) is 14.7 Å². The van der Waals surface area contributed by atoms with E-state index in [4.69, 9.17) is 14.2 Å². The van der Waals surface area contributed by atoms with Crippen LogP contribution < -0.4 is 0 Å². The van der Waals surface area contributed by atoms with Crippen molar-refractivity contribution in [2.45, 2.75) is 57.0 Å². The van der Waals surface area contributed by atoms with Gasteiger partial charge in [-0.05, 0) is 25.3 Å². The Hall–Kier alpha value is -1.66. The Kier molecular flexibility index (Phi) is 4.06. The van der Waals surface area contributed by atoms with Gasteiger partial charge in [-0.2, -0.15) is 0 Å². The summed E-state index contributed by atoms with van der Waals surface area (Å²) in [5.74, 6) is -1.32. The molecule has 126 valence electrons. The normalized spacial score (nSPS) is 42.0. The maximum atomic E-state index is 11.8. The molecule has 23 heavy (non-hydrogen) atoms. The summed E-state index contributed by atoms with van der Waals surface area (Å²) in [6.45, 7) is 7.24. The summed E-state index contributed by atoms with van der Waals surface area (Å²) in [5.41, 5.74) is 0.766. The number of esters is 2. The van der Waals surface area contributed by atoms with Gasteiger partial charge in [-0.3, -0.25) is 4.79 Å². The Morgan fingerprint density at radius 3 is 3.00 bits per heavy atom. The molecule has 0 spiro atoms. The van der Waals surface area contributed by atoms with Crippen molar-refractivity contribution >= 4 is 11.9 Å². The van der Waals surface area contributed by atoms with E-state index in [1.165, 1.54) is 6.92 Å². The molecule has 2 heterocycles. The van der Waals surface area contributed by atoms with E-state index in [0.717, 1.165) is 12.0 Å². The molecular formula is C17H22O6. The highest BCUT2D eigenvalue weighted by Gasteiger charge is 2.56. The average Bonchev–Trinajstić information content (AvgIpc) is 3.01. The summed E-state index contributed by atoms with van der Waals surface area (Å²) in [6.07, 6.45) is 2.42. The summed E-state index contributed by atoms with van der Waals surface area (Å²) in [7, 11) is 0. The molecule has 3 aliphatic rings. The Morgan fingerprint density at radius 1 is 1.57 bits per heavy atom. The Balaban J connectivity index is 1.85. The van der Waals surface area contributed by atoms with Crippen LogP contribution in [0.2, 0.25) is 0 Å². The van der Waals surface area contributed by atoms with Crippen LogP contribution >= 0.6 is 0 Å². The maximum Gasteiger partial charge on any atom is 0.334 e. The van der Waals surface area contributed by atoms with Crippen molar-refractivity contribution in [1.82, 2.24) is 0 Å². The molecule has 2 aliphatic heterocycles. The van der Waals surface area contributed by atoms with Gasteiger partial charge < -0.3 is 19.3 Å². The zero-order valence-corrected chi connectivity index (χ0v) is 13.4. The number of epoxide rings is 1. The number of carbonyl (C=O) groups excluding carboxylic acids is 2. The van der Waals surface area contributed by atoms with Gasteiger partial charge in [-0.1, -0.05) is 12.7 Å². The molecular weight excluding hydrogens is 300 g/mol. The second kappa shape index (κ2) is 5.76. The number of aliphatic hydroxyl groups excluding tert-OH is 1. The summed E-state index contributed by atoms with van der Waals surface area (Å²) < 4.78 is 16.2. The summed E-state index contributed by atoms with van der Waals surface area (Å²) >= 11 is 0. The van der Waals surface area contributed by atoms with Crippen molar-refractivity contribution in [2.24, 2.45) is 5.92 Å². The largest absolute Gasteiger partial charge is 0.461 e. The SMILES string of the molecule is C=C1C(=O)O[C@H]2C[C@]3(C)O[C@H]3CC/C(COC(C)=O)=C/[C@@H](O)[C@@H]12. The minimum Gasteiger partial charge on any atom is -0.461 e.